The number of hydrogen-bond donors (Lipinski definition) is 1. The summed E-state index contributed by atoms with van der Waals surface area (Å²) in [5, 5.41) is 4.80. The highest BCUT2D eigenvalue weighted by Gasteiger charge is 2.16. The Balaban J connectivity index is 2.05. The van der Waals surface area contributed by atoms with Gasteiger partial charge in [-0.2, -0.15) is 0 Å². The van der Waals surface area contributed by atoms with E-state index in [1.54, 1.807) is 0 Å². The van der Waals surface area contributed by atoms with Crippen LogP contribution in [0.1, 0.15) is 62.9 Å². The van der Waals surface area contributed by atoms with Gasteiger partial charge < -0.3 is 10.2 Å². The van der Waals surface area contributed by atoms with Gasteiger partial charge in [-0.1, -0.05) is 33.1 Å². The van der Waals surface area contributed by atoms with E-state index in [9.17, 15) is 0 Å². The summed E-state index contributed by atoms with van der Waals surface area (Å²) >= 11 is 1.92. The van der Waals surface area contributed by atoms with Crippen LogP contribution in [-0.2, 0) is 13.0 Å². The van der Waals surface area contributed by atoms with Crippen molar-refractivity contribution in [3.05, 3.63) is 10.6 Å². The molecule has 1 aliphatic rings. The van der Waals surface area contributed by atoms with Crippen LogP contribution in [0, 0.1) is 0 Å². The Bertz CT molecular complexity index is 381. The van der Waals surface area contributed by atoms with E-state index in [0.29, 0.717) is 0 Å². The lowest BCUT2D eigenvalue weighted by Gasteiger charge is -2.18. The fourth-order valence-corrected chi connectivity index (χ4v) is 3.84. The van der Waals surface area contributed by atoms with Gasteiger partial charge in [0.15, 0.2) is 5.13 Å². The highest BCUT2D eigenvalue weighted by Crippen LogP contribution is 2.29. The smallest absolute Gasteiger partial charge is 0.185 e. The van der Waals surface area contributed by atoms with E-state index >= 15 is 0 Å². The first-order chi connectivity index (χ1) is 9.85. The molecule has 1 aromatic rings. The van der Waals surface area contributed by atoms with Gasteiger partial charge in [0.25, 0.3) is 0 Å². The van der Waals surface area contributed by atoms with Gasteiger partial charge >= 0.3 is 0 Å². The number of aromatic nitrogens is 1. The van der Waals surface area contributed by atoms with Gasteiger partial charge in [0.2, 0.25) is 0 Å². The Morgan fingerprint density at radius 3 is 2.50 bits per heavy atom. The van der Waals surface area contributed by atoms with Gasteiger partial charge in [0.1, 0.15) is 0 Å². The molecule has 4 heteroatoms. The molecule has 1 aliphatic heterocycles. The zero-order chi connectivity index (χ0) is 14.2. The van der Waals surface area contributed by atoms with Crippen molar-refractivity contribution in [3.8, 4) is 0 Å². The molecule has 20 heavy (non-hydrogen) atoms. The third kappa shape index (κ3) is 4.45. The van der Waals surface area contributed by atoms with E-state index < -0.39 is 0 Å². The van der Waals surface area contributed by atoms with Crippen LogP contribution in [0.3, 0.4) is 0 Å². The first-order valence-corrected chi connectivity index (χ1v) is 9.11. The fraction of sp³-hybridized carbons (Fsp3) is 0.812. The lowest BCUT2D eigenvalue weighted by molar-refractivity contribution is 0.674. The van der Waals surface area contributed by atoms with Crippen LogP contribution < -0.4 is 10.2 Å². The minimum atomic E-state index is 0.995. The minimum absolute atomic E-state index is 0.995. The second kappa shape index (κ2) is 8.63. The molecule has 0 radical (unpaired) electrons. The standard InChI is InChI=1S/C16H29N3S/c1-3-9-14-15(13-17-10-4-2)20-16(18-14)19-11-7-5-6-8-12-19/h17H,3-13H2,1-2H3. The molecule has 0 aliphatic carbocycles. The van der Waals surface area contributed by atoms with Crippen LogP contribution in [0.15, 0.2) is 0 Å². The van der Waals surface area contributed by atoms with Crippen LogP contribution in [0.4, 0.5) is 5.13 Å². The van der Waals surface area contributed by atoms with Crippen molar-refractivity contribution >= 4 is 16.5 Å². The molecule has 1 aromatic heterocycles. The third-order valence-corrected chi connectivity index (χ3v) is 5.00. The maximum atomic E-state index is 4.95. The summed E-state index contributed by atoms with van der Waals surface area (Å²) in [7, 11) is 0. The van der Waals surface area contributed by atoms with E-state index in [1.165, 1.54) is 67.3 Å². The molecule has 0 amide bonds. The van der Waals surface area contributed by atoms with Gasteiger partial charge in [0.05, 0.1) is 5.69 Å². The topological polar surface area (TPSA) is 28.2 Å². The Morgan fingerprint density at radius 2 is 1.85 bits per heavy atom. The van der Waals surface area contributed by atoms with E-state index in [1.807, 2.05) is 11.3 Å². The normalized spacial score (nSPS) is 16.4. The van der Waals surface area contributed by atoms with Crippen LogP contribution >= 0.6 is 11.3 Å². The molecule has 2 heterocycles. The first-order valence-electron chi connectivity index (χ1n) is 8.29. The predicted molar refractivity (Wildman–Crippen MR) is 88.8 cm³/mol. The molecule has 0 bridgehead atoms. The number of aryl methyl sites for hydroxylation is 1. The SMILES string of the molecule is CCCNCc1sc(N2CCCCCC2)nc1CCC. The summed E-state index contributed by atoms with van der Waals surface area (Å²) < 4.78 is 0. The first kappa shape index (κ1) is 15.8. The van der Waals surface area contributed by atoms with Crippen molar-refractivity contribution < 1.29 is 0 Å². The van der Waals surface area contributed by atoms with Gasteiger partial charge in [-0.25, -0.2) is 4.98 Å². The molecule has 0 spiro atoms. The largest absolute Gasteiger partial charge is 0.348 e. The van der Waals surface area contributed by atoms with E-state index in [2.05, 4.69) is 24.1 Å². The summed E-state index contributed by atoms with van der Waals surface area (Å²) in [6.45, 7) is 8.95. The maximum absolute atomic E-state index is 4.95. The zero-order valence-electron chi connectivity index (χ0n) is 13.1. The average molecular weight is 295 g/mol. The number of hydrogen-bond acceptors (Lipinski definition) is 4. The zero-order valence-corrected chi connectivity index (χ0v) is 13.9. The summed E-state index contributed by atoms with van der Waals surface area (Å²) in [6.07, 6.45) is 8.92. The second-order valence-corrected chi connectivity index (χ2v) is 6.76. The molecule has 114 valence electrons. The highest BCUT2D eigenvalue weighted by atomic mass is 32.1. The Hall–Kier alpha value is -0.610. The molecule has 0 aromatic carbocycles. The summed E-state index contributed by atoms with van der Waals surface area (Å²) in [6, 6.07) is 0. The van der Waals surface area contributed by atoms with Crippen LogP contribution in [0.25, 0.3) is 0 Å². The Labute approximate surface area is 127 Å². The molecule has 2 rings (SSSR count). The number of nitrogens with one attached hydrogen (secondary N) is 1. The monoisotopic (exact) mass is 295 g/mol. The third-order valence-electron chi connectivity index (χ3n) is 3.84. The van der Waals surface area contributed by atoms with Crippen LogP contribution in [-0.4, -0.2) is 24.6 Å². The van der Waals surface area contributed by atoms with Gasteiger partial charge in [0, 0.05) is 24.5 Å². The minimum Gasteiger partial charge on any atom is -0.348 e. The van der Waals surface area contributed by atoms with Crippen molar-refractivity contribution in [1.82, 2.24) is 10.3 Å². The van der Waals surface area contributed by atoms with E-state index in [4.69, 9.17) is 4.98 Å². The lowest BCUT2D eigenvalue weighted by atomic mass is 10.2. The second-order valence-electron chi connectivity index (χ2n) is 5.69. The van der Waals surface area contributed by atoms with Crippen LogP contribution in [0.2, 0.25) is 0 Å². The molecule has 1 N–H and O–H groups in total. The summed E-state index contributed by atoms with van der Waals surface area (Å²) in [5.74, 6) is 0. The highest BCUT2D eigenvalue weighted by molar-refractivity contribution is 7.15. The molecular weight excluding hydrogens is 266 g/mol. The molecule has 1 fully saturated rings. The fourth-order valence-electron chi connectivity index (χ4n) is 2.72. The van der Waals surface area contributed by atoms with Crippen molar-refractivity contribution in [3.63, 3.8) is 0 Å². The number of nitrogens with zero attached hydrogens (tertiary/aromatic N) is 2. The van der Waals surface area contributed by atoms with Gasteiger partial charge in [-0.05, 0) is 32.2 Å². The molecular formula is C16H29N3S. The Kier molecular flexibility index (Phi) is 6.80. The van der Waals surface area contributed by atoms with E-state index in [-0.39, 0.29) is 0 Å². The number of anilines is 1. The Morgan fingerprint density at radius 1 is 1.10 bits per heavy atom. The summed E-state index contributed by atoms with van der Waals surface area (Å²) in [4.78, 5) is 8.92. The van der Waals surface area contributed by atoms with Crippen LogP contribution in [0.5, 0.6) is 0 Å². The molecule has 1 saturated heterocycles. The molecule has 0 atom stereocenters. The van der Waals surface area contributed by atoms with E-state index in [0.717, 1.165) is 19.5 Å². The summed E-state index contributed by atoms with van der Waals surface area (Å²) in [5.41, 5.74) is 1.33. The van der Waals surface area contributed by atoms with Crippen molar-refractivity contribution in [1.29, 1.82) is 0 Å². The van der Waals surface area contributed by atoms with Crippen molar-refractivity contribution in [2.75, 3.05) is 24.5 Å². The lowest BCUT2D eigenvalue weighted by Crippen LogP contribution is -2.23. The van der Waals surface area contributed by atoms with Crippen molar-refractivity contribution in [2.45, 2.75) is 65.3 Å². The average Bonchev–Trinajstić information content (AvgIpc) is 2.68. The predicted octanol–water partition coefficient (Wildman–Crippen LogP) is 3.98. The number of rotatable bonds is 7. The maximum Gasteiger partial charge on any atom is 0.185 e. The molecule has 0 saturated carbocycles. The van der Waals surface area contributed by atoms with Gasteiger partial charge in [-0.3, -0.25) is 0 Å². The quantitative estimate of drug-likeness (QED) is 0.771. The van der Waals surface area contributed by atoms with Crippen molar-refractivity contribution in [2.24, 2.45) is 0 Å². The molecule has 3 nitrogen and oxygen atoms in total. The number of thiazole rings is 1. The molecule has 0 unspecified atom stereocenters. The van der Waals surface area contributed by atoms with Gasteiger partial charge in [-0.15, -0.1) is 11.3 Å².